The molecule has 23 heavy (non-hydrogen) atoms. The number of alkyl halides is 14. The lowest BCUT2D eigenvalue weighted by molar-refractivity contribution is -0.419. The van der Waals surface area contributed by atoms with Crippen LogP contribution in [0.5, 0.6) is 0 Å². The minimum absolute atomic E-state index is 2.29. The number of allylic oxidation sites excluding steroid dienone is 2. The normalized spacial score (nSPS) is 16.7. The Kier molecular flexibility index (Phi) is 5.05. The van der Waals surface area contributed by atoms with Crippen LogP contribution in [0.1, 0.15) is 0 Å². The van der Waals surface area contributed by atoms with Gasteiger partial charge in [0.25, 0.3) is 0 Å². The van der Waals surface area contributed by atoms with E-state index in [0.29, 0.717) is 0 Å². The van der Waals surface area contributed by atoms with Gasteiger partial charge >= 0.3 is 36.0 Å². The maximum atomic E-state index is 12.7. The average molecular weight is 382 g/mol. The predicted octanol–water partition coefficient (Wildman–Crippen LogP) is 5.51. The molecule has 0 saturated heterocycles. The summed E-state index contributed by atoms with van der Waals surface area (Å²) in [5, 5.41) is 0. The first-order valence-electron chi connectivity index (χ1n) is 4.66. The Bertz CT molecular complexity index is 461. The molecule has 0 nitrogen and oxygen atoms in total. The van der Waals surface area contributed by atoms with E-state index in [1.54, 1.807) is 0 Å². The zero-order chi connectivity index (χ0) is 19.3. The number of hydrogen-bond donors (Lipinski definition) is 0. The third-order valence-electron chi connectivity index (χ3n) is 2.13. The second-order valence-electron chi connectivity index (χ2n) is 3.83. The lowest BCUT2D eigenvalue weighted by atomic mass is 9.97. The smallest absolute Gasteiger partial charge is 0.205 e. The van der Waals surface area contributed by atoms with Gasteiger partial charge in [-0.2, -0.15) is 61.5 Å². The van der Waals surface area contributed by atoms with Crippen LogP contribution in [0.25, 0.3) is 0 Å². The summed E-state index contributed by atoms with van der Waals surface area (Å²) in [6, 6.07) is 0. The van der Waals surface area contributed by atoms with Gasteiger partial charge in [-0.1, -0.05) is 0 Å². The summed E-state index contributed by atoms with van der Waals surface area (Å²) < 4.78 is 182. The van der Waals surface area contributed by atoms with E-state index in [2.05, 4.69) is 0 Å². The van der Waals surface area contributed by atoms with Crippen molar-refractivity contribution < 1.29 is 65.9 Å². The molecule has 0 radical (unpaired) electrons. The van der Waals surface area contributed by atoms with Crippen molar-refractivity contribution in [3.05, 3.63) is 11.9 Å². The van der Waals surface area contributed by atoms with Crippen LogP contribution >= 0.6 is 0 Å². The van der Waals surface area contributed by atoms with Crippen molar-refractivity contribution in [3.63, 3.8) is 0 Å². The number of rotatable bonds is 4. The predicted molar refractivity (Wildman–Crippen MR) is 41.1 cm³/mol. The van der Waals surface area contributed by atoms with Crippen LogP contribution in [0.15, 0.2) is 11.9 Å². The van der Waals surface area contributed by atoms with E-state index >= 15 is 0 Å². The van der Waals surface area contributed by atoms with Crippen molar-refractivity contribution in [2.24, 2.45) is 0 Å². The lowest BCUT2D eigenvalue weighted by Crippen LogP contribution is -2.66. The molecule has 138 valence electrons. The van der Waals surface area contributed by atoms with E-state index in [1.807, 2.05) is 0 Å². The molecule has 0 aromatic rings. The Morgan fingerprint density at radius 2 is 0.870 bits per heavy atom. The van der Waals surface area contributed by atoms with Gasteiger partial charge in [-0.05, 0) is 0 Å². The van der Waals surface area contributed by atoms with Crippen molar-refractivity contribution in [2.75, 3.05) is 0 Å². The van der Waals surface area contributed by atoms with Crippen molar-refractivity contribution in [1.82, 2.24) is 0 Å². The molecular formula is C8HF15. The summed E-state index contributed by atoms with van der Waals surface area (Å²) in [5.41, 5.74) is 0. The summed E-state index contributed by atoms with van der Waals surface area (Å²) >= 11 is 0. The number of halogens is 15. The first-order valence-corrected chi connectivity index (χ1v) is 4.66. The molecule has 0 rings (SSSR count). The van der Waals surface area contributed by atoms with Crippen molar-refractivity contribution in [1.29, 1.82) is 0 Å². The summed E-state index contributed by atoms with van der Waals surface area (Å²) in [6.45, 7) is 0. The molecule has 0 aliphatic carbocycles. The quantitative estimate of drug-likeness (QED) is 0.563. The molecule has 0 aromatic heterocycles. The van der Waals surface area contributed by atoms with Crippen molar-refractivity contribution in [2.45, 2.75) is 36.0 Å². The van der Waals surface area contributed by atoms with E-state index in [9.17, 15) is 65.9 Å². The van der Waals surface area contributed by atoms with Gasteiger partial charge in [-0.3, -0.25) is 0 Å². The molecule has 0 saturated carbocycles. The molecule has 0 bridgehead atoms. The molecule has 0 aliphatic rings. The minimum atomic E-state index is -7.97. The first-order chi connectivity index (χ1) is 9.63. The second kappa shape index (κ2) is 5.36. The summed E-state index contributed by atoms with van der Waals surface area (Å²) in [6.07, 6.45) is -15.9. The van der Waals surface area contributed by atoms with Crippen LogP contribution in [-0.2, 0) is 0 Å². The van der Waals surface area contributed by atoms with E-state index in [-0.39, 0.29) is 0 Å². The Morgan fingerprint density at radius 3 is 1.13 bits per heavy atom. The molecule has 0 aromatic carbocycles. The molecular weight excluding hydrogens is 381 g/mol. The molecule has 0 heterocycles. The second-order valence-corrected chi connectivity index (χ2v) is 3.83. The Balaban J connectivity index is 6.20. The highest BCUT2D eigenvalue weighted by Crippen LogP contribution is 2.58. The number of hydrogen-bond acceptors (Lipinski definition) is 0. The summed E-state index contributed by atoms with van der Waals surface area (Å²) in [7, 11) is 0. The van der Waals surface area contributed by atoms with Gasteiger partial charge in [-0.15, -0.1) is 0 Å². The molecule has 0 N–H and O–H groups in total. The maximum Gasteiger partial charge on any atom is 0.460 e. The van der Waals surface area contributed by atoms with Crippen LogP contribution in [0.4, 0.5) is 65.9 Å². The van der Waals surface area contributed by atoms with Crippen LogP contribution in [0, 0.1) is 0 Å². The molecule has 0 unspecified atom stereocenters. The molecule has 15 heteroatoms. The third kappa shape index (κ3) is 3.46. The van der Waals surface area contributed by atoms with E-state index in [4.69, 9.17) is 0 Å². The van der Waals surface area contributed by atoms with Crippen LogP contribution in [-0.4, -0.2) is 36.0 Å². The highest BCUT2D eigenvalue weighted by molar-refractivity contribution is 5.18. The van der Waals surface area contributed by atoms with E-state index < -0.39 is 47.9 Å². The Morgan fingerprint density at radius 1 is 0.522 bits per heavy atom. The topological polar surface area (TPSA) is 0 Å². The average Bonchev–Trinajstić information content (AvgIpc) is 2.23. The van der Waals surface area contributed by atoms with Gasteiger partial charge in [-0.25, -0.2) is 4.39 Å². The lowest BCUT2D eigenvalue weighted by Gasteiger charge is -2.36. The highest BCUT2D eigenvalue weighted by Gasteiger charge is 2.88. The molecule has 0 fully saturated rings. The first kappa shape index (κ1) is 21.7. The van der Waals surface area contributed by atoms with Gasteiger partial charge in [0.05, 0.1) is 6.08 Å². The van der Waals surface area contributed by atoms with Gasteiger partial charge in [0.2, 0.25) is 0 Å². The standard InChI is InChI=1S/C8HF15/c9-2(1-3(10,11)12)4(13,14)5(15,16)6(17,18)7(19,20)8(21,22)23/h1H. The van der Waals surface area contributed by atoms with E-state index in [1.165, 1.54) is 0 Å². The van der Waals surface area contributed by atoms with E-state index in [0.717, 1.165) is 0 Å². The highest BCUT2D eigenvalue weighted by atomic mass is 19.4. The molecule has 0 amide bonds. The van der Waals surface area contributed by atoms with Gasteiger partial charge in [0, 0.05) is 0 Å². The third-order valence-corrected chi connectivity index (χ3v) is 2.13. The minimum Gasteiger partial charge on any atom is -0.205 e. The Labute approximate surface area is 115 Å². The maximum absolute atomic E-state index is 12.7. The van der Waals surface area contributed by atoms with Gasteiger partial charge in [0.1, 0.15) is 0 Å². The van der Waals surface area contributed by atoms with Crippen LogP contribution in [0.2, 0.25) is 0 Å². The summed E-state index contributed by atoms with van der Waals surface area (Å²) in [5.74, 6) is -35.3. The fourth-order valence-electron chi connectivity index (χ4n) is 0.957. The fourth-order valence-corrected chi connectivity index (χ4v) is 0.957. The summed E-state index contributed by atoms with van der Waals surface area (Å²) in [4.78, 5) is 0. The largest absolute Gasteiger partial charge is 0.460 e. The molecule has 0 spiro atoms. The SMILES string of the molecule is FC(=CC(F)(F)F)C(F)(F)C(F)(F)C(F)(F)C(F)(F)C(F)(F)F. The van der Waals surface area contributed by atoms with Gasteiger partial charge < -0.3 is 0 Å². The van der Waals surface area contributed by atoms with Crippen molar-refractivity contribution >= 4 is 0 Å². The fraction of sp³-hybridized carbons (Fsp3) is 0.750. The Hall–Kier alpha value is -1.31. The zero-order valence-electron chi connectivity index (χ0n) is 9.75. The van der Waals surface area contributed by atoms with Crippen molar-refractivity contribution in [3.8, 4) is 0 Å². The monoisotopic (exact) mass is 382 g/mol. The zero-order valence-corrected chi connectivity index (χ0v) is 9.75. The molecule has 0 atom stereocenters. The van der Waals surface area contributed by atoms with Crippen LogP contribution < -0.4 is 0 Å². The van der Waals surface area contributed by atoms with Crippen LogP contribution in [0.3, 0.4) is 0 Å². The molecule has 0 aliphatic heterocycles. The van der Waals surface area contributed by atoms with Gasteiger partial charge in [0.15, 0.2) is 5.83 Å².